The van der Waals surface area contributed by atoms with E-state index in [0.29, 0.717) is 11.5 Å². The van der Waals surface area contributed by atoms with Crippen molar-refractivity contribution in [3.63, 3.8) is 0 Å². The molecule has 3 aromatic rings. The number of benzene rings is 3. The lowest BCUT2D eigenvalue weighted by molar-refractivity contribution is 0.0940. The maximum atomic E-state index is 13.2. The average Bonchev–Trinajstić information content (AvgIpc) is 2.83. The third-order valence-electron chi connectivity index (χ3n) is 5.14. The zero-order valence-corrected chi connectivity index (χ0v) is 19.2. The molecule has 0 spiro atoms. The van der Waals surface area contributed by atoms with Crippen LogP contribution in [0.4, 0.5) is 5.69 Å². The number of para-hydroxylation sites is 1. The number of ether oxygens (including phenoxy) is 2. The van der Waals surface area contributed by atoms with Gasteiger partial charge in [0.25, 0.3) is 15.9 Å². The van der Waals surface area contributed by atoms with Gasteiger partial charge in [-0.3, -0.25) is 9.10 Å². The fourth-order valence-electron chi connectivity index (χ4n) is 3.35. The van der Waals surface area contributed by atoms with Crippen LogP contribution < -0.4 is 19.1 Å². The molecule has 1 N–H and O–H groups in total. The van der Waals surface area contributed by atoms with Crippen molar-refractivity contribution in [2.24, 2.45) is 0 Å². The second-order valence-electron chi connectivity index (χ2n) is 7.11. The highest BCUT2D eigenvalue weighted by molar-refractivity contribution is 7.92. The Morgan fingerprint density at radius 2 is 1.59 bits per heavy atom. The Morgan fingerprint density at radius 1 is 0.938 bits per heavy atom. The number of sulfonamides is 1. The van der Waals surface area contributed by atoms with E-state index in [2.05, 4.69) is 5.32 Å². The summed E-state index contributed by atoms with van der Waals surface area (Å²) < 4.78 is 38.0. The Bertz CT molecular complexity index is 1200. The molecule has 0 aliphatic rings. The van der Waals surface area contributed by atoms with E-state index in [1.54, 1.807) is 74.9 Å². The number of carbonyl (C=O) groups is 1. The molecule has 3 aromatic carbocycles. The standard InChI is InChI=1S/C24H26N2O5S/c1-17(21-16-18(30-3)14-15-23(21)31-4)25-24(27)20-12-8-9-13-22(20)26(2)32(28,29)19-10-6-5-7-11-19/h5-17H,1-4H3,(H,25,27)/t17-/m0/s1. The maximum absolute atomic E-state index is 13.2. The highest BCUT2D eigenvalue weighted by Gasteiger charge is 2.26. The van der Waals surface area contributed by atoms with Crippen LogP contribution >= 0.6 is 0 Å². The summed E-state index contributed by atoms with van der Waals surface area (Å²) in [5, 5.41) is 2.93. The van der Waals surface area contributed by atoms with Gasteiger partial charge in [-0.2, -0.15) is 0 Å². The third kappa shape index (κ3) is 4.70. The zero-order chi connectivity index (χ0) is 23.3. The van der Waals surface area contributed by atoms with Crippen molar-refractivity contribution >= 4 is 21.6 Å². The molecule has 0 radical (unpaired) electrons. The molecule has 0 aromatic heterocycles. The first-order valence-corrected chi connectivity index (χ1v) is 11.4. The fourth-order valence-corrected chi connectivity index (χ4v) is 4.59. The SMILES string of the molecule is COc1ccc(OC)c([C@H](C)NC(=O)c2ccccc2N(C)S(=O)(=O)c2ccccc2)c1. The van der Waals surface area contributed by atoms with Crippen molar-refractivity contribution in [2.75, 3.05) is 25.6 Å². The Labute approximate surface area is 188 Å². The molecule has 168 valence electrons. The molecular weight excluding hydrogens is 428 g/mol. The van der Waals surface area contributed by atoms with Gasteiger partial charge in [-0.05, 0) is 49.4 Å². The van der Waals surface area contributed by atoms with Gasteiger partial charge < -0.3 is 14.8 Å². The summed E-state index contributed by atoms with van der Waals surface area (Å²) in [6.45, 7) is 1.82. The molecule has 3 rings (SSSR count). The number of rotatable bonds is 8. The van der Waals surface area contributed by atoms with Crippen molar-refractivity contribution in [1.82, 2.24) is 5.32 Å². The van der Waals surface area contributed by atoms with Crippen LogP contribution in [-0.2, 0) is 10.0 Å². The molecule has 0 bridgehead atoms. The van der Waals surface area contributed by atoms with E-state index in [4.69, 9.17) is 9.47 Å². The van der Waals surface area contributed by atoms with E-state index in [1.807, 2.05) is 6.92 Å². The van der Waals surface area contributed by atoms with Crippen LogP contribution in [0.1, 0.15) is 28.9 Å². The number of methoxy groups -OCH3 is 2. The van der Waals surface area contributed by atoms with Crippen LogP contribution in [-0.4, -0.2) is 35.6 Å². The molecule has 8 heteroatoms. The predicted octanol–water partition coefficient (Wildman–Crippen LogP) is 4.02. The Kier molecular flexibility index (Phi) is 7.05. The van der Waals surface area contributed by atoms with Crippen LogP contribution in [0.2, 0.25) is 0 Å². The van der Waals surface area contributed by atoms with Gasteiger partial charge in [-0.25, -0.2) is 8.42 Å². The summed E-state index contributed by atoms with van der Waals surface area (Å²) in [7, 11) is 0.720. The van der Waals surface area contributed by atoms with Crippen molar-refractivity contribution < 1.29 is 22.7 Å². The van der Waals surface area contributed by atoms with Gasteiger partial charge in [-0.15, -0.1) is 0 Å². The monoisotopic (exact) mass is 454 g/mol. The second-order valence-corrected chi connectivity index (χ2v) is 9.08. The first kappa shape index (κ1) is 23.1. The molecule has 1 amide bonds. The van der Waals surface area contributed by atoms with Crippen LogP contribution in [0.15, 0.2) is 77.7 Å². The number of amides is 1. The molecule has 0 saturated heterocycles. The first-order valence-electron chi connectivity index (χ1n) is 9.95. The summed E-state index contributed by atoms with van der Waals surface area (Å²) in [4.78, 5) is 13.3. The van der Waals surface area contributed by atoms with Gasteiger partial charge in [0.15, 0.2) is 0 Å². The lowest BCUT2D eigenvalue weighted by Crippen LogP contribution is -2.32. The number of hydrogen-bond acceptors (Lipinski definition) is 5. The summed E-state index contributed by atoms with van der Waals surface area (Å²) in [5.41, 5.74) is 1.25. The quantitative estimate of drug-likeness (QED) is 0.556. The number of hydrogen-bond donors (Lipinski definition) is 1. The van der Waals surface area contributed by atoms with Crippen molar-refractivity contribution in [3.05, 3.63) is 83.9 Å². The predicted molar refractivity (Wildman–Crippen MR) is 124 cm³/mol. The molecule has 0 aliphatic carbocycles. The molecule has 0 unspecified atom stereocenters. The molecule has 7 nitrogen and oxygen atoms in total. The zero-order valence-electron chi connectivity index (χ0n) is 18.4. The molecule has 32 heavy (non-hydrogen) atoms. The summed E-state index contributed by atoms with van der Waals surface area (Å²) in [6.07, 6.45) is 0. The van der Waals surface area contributed by atoms with E-state index >= 15 is 0 Å². The minimum atomic E-state index is -3.83. The summed E-state index contributed by atoms with van der Waals surface area (Å²) >= 11 is 0. The molecule has 0 aliphatic heterocycles. The van der Waals surface area contributed by atoms with E-state index in [1.165, 1.54) is 19.2 Å². The van der Waals surface area contributed by atoms with Crippen LogP contribution in [0.3, 0.4) is 0 Å². The Hall–Kier alpha value is -3.52. The highest BCUT2D eigenvalue weighted by Crippen LogP contribution is 2.30. The third-order valence-corrected chi connectivity index (χ3v) is 6.93. The largest absolute Gasteiger partial charge is 0.497 e. The van der Waals surface area contributed by atoms with Crippen LogP contribution in [0.5, 0.6) is 11.5 Å². The highest BCUT2D eigenvalue weighted by atomic mass is 32.2. The summed E-state index contributed by atoms with van der Waals surface area (Å²) in [5.74, 6) is 0.833. The average molecular weight is 455 g/mol. The number of nitrogens with one attached hydrogen (secondary N) is 1. The number of carbonyl (C=O) groups excluding carboxylic acids is 1. The maximum Gasteiger partial charge on any atom is 0.264 e. The Balaban J connectivity index is 1.91. The van der Waals surface area contributed by atoms with E-state index in [0.717, 1.165) is 9.87 Å². The van der Waals surface area contributed by atoms with Crippen LogP contribution in [0, 0.1) is 0 Å². The van der Waals surface area contributed by atoms with Gasteiger partial charge >= 0.3 is 0 Å². The molecule has 1 atom stereocenters. The van der Waals surface area contributed by atoms with E-state index < -0.39 is 22.0 Å². The van der Waals surface area contributed by atoms with Gasteiger partial charge in [0.2, 0.25) is 0 Å². The van der Waals surface area contributed by atoms with Crippen LogP contribution in [0.25, 0.3) is 0 Å². The van der Waals surface area contributed by atoms with Gasteiger partial charge in [-0.1, -0.05) is 30.3 Å². The lowest BCUT2D eigenvalue weighted by atomic mass is 10.1. The first-order chi connectivity index (χ1) is 15.3. The van der Waals surface area contributed by atoms with Crippen molar-refractivity contribution in [1.29, 1.82) is 0 Å². The minimum Gasteiger partial charge on any atom is -0.497 e. The van der Waals surface area contributed by atoms with Gasteiger partial charge in [0.1, 0.15) is 11.5 Å². The Morgan fingerprint density at radius 3 is 2.25 bits per heavy atom. The van der Waals surface area contributed by atoms with Gasteiger partial charge in [0, 0.05) is 12.6 Å². The van der Waals surface area contributed by atoms with E-state index in [9.17, 15) is 13.2 Å². The smallest absolute Gasteiger partial charge is 0.264 e. The summed E-state index contributed by atoms with van der Waals surface area (Å²) in [6, 6.07) is 19.6. The minimum absolute atomic E-state index is 0.146. The second kappa shape index (κ2) is 9.74. The molecule has 0 fully saturated rings. The van der Waals surface area contributed by atoms with Gasteiger partial charge in [0.05, 0.1) is 36.4 Å². The number of anilines is 1. The lowest BCUT2D eigenvalue weighted by Gasteiger charge is -2.23. The number of nitrogens with zero attached hydrogens (tertiary/aromatic N) is 1. The van der Waals surface area contributed by atoms with Crippen molar-refractivity contribution in [3.8, 4) is 11.5 Å². The topological polar surface area (TPSA) is 84.9 Å². The molecular formula is C24H26N2O5S. The molecule has 0 saturated carbocycles. The molecule has 0 heterocycles. The fraction of sp³-hybridized carbons (Fsp3) is 0.208. The van der Waals surface area contributed by atoms with Crippen molar-refractivity contribution in [2.45, 2.75) is 17.9 Å². The van der Waals surface area contributed by atoms with E-state index in [-0.39, 0.29) is 16.1 Å². The normalized spacial score (nSPS) is 12.0.